The van der Waals surface area contributed by atoms with Crippen molar-refractivity contribution in [1.29, 1.82) is 5.26 Å². The largest absolute Gasteiger partial charge is 0.478 e. The molecule has 16 heavy (non-hydrogen) atoms. The molecule has 0 fully saturated rings. The van der Waals surface area contributed by atoms with E-state index in [1.165, 1.54) is 4.57 Å². The summed E-state index contributed by atoms with van der Waals surface area (Å²) >= 11 is 0. The van der Waals surface area contributed by atoms with Crippen LogP contribution in [-0.2, 0) is 7.05 Å². The van der Waals surface area contributed by atoms with Crippen LogP contribution in [0.1, 0.15) is 0 Å². The molecule has 0 atom stereocenters. The fourth-order valence-electron chi connectivity index (χ4n) is 1.58. The van der Waals surface area contributed by atoms with Gasteiger partial charge in [-0.05, 0) is 18.2 Å². The van der Waals surface area contributed by atoms with Crippen molar-refractivity contribution in [2.45, 2.75) is 0 Å². The number of ether oxygens (including phenoxy) is 1. The van der Waals surface area contributed by atoms with Crippen molar-refractivity contribution < 1.29 is 4.74 Å². The van der Waals surface area contributed by atoms with Crippen molar-refractivity contribution in [3.05, 3.63) is 40.8 Å². The van der Waals surface area contributed by atoms with Gasteiger partial charge in [-0.1, -0.05) is 6.07 Å². The van der Waals surface area contributed by atoms with Crippen LogP contribution in [0.15, 0.2) is 35.3 Å². The quantitative estimate of drug-likeness (QED) is 0.760. The monoisotopic (exact) mass is 214 g/mol. The maximum absolute atomic E-state index is 11.8. The minimum absolute atomic E-state index is 0.0195. The third-order valence-corrected chi connectivity index (χ3v) is 2.37. The molecule has 1 aromatic carbocycles. The number of nitrogens with zero attached hydrogens (tertiary/aromatic N) is 2. The van der Waals surface area contributed by atoms with Crippen LogP contribution in [0.4, 0.5) is 0 Å². The lowest BCUT2D eigenvalue weighted by molar-refractivity contribution is 0.372. The molecule has 0 saturated heterocycles. The van der Waals surface area contributed by atoms with Crippen molar-refractivity contribution in [3.8, 4) is 11.8 Å². The van der Waals surface area contributed by atoms with Gasteiger partial charge in [-0.3, -0.25) is 4.79 Å². The number of pyridine rings is 1. The third-order valence-electron chi connectivity index (χ3n) is 2.37. The van der Waals surface area contributed by atoms with E-state index >= 15 is 0 Å². The molecular weight excluding hydrogens is 204 g/mol. The first-order valence-electron chi connectivity index (χ1n) is 4.82. The van der Waals surface area contributed by atoms with E-state index < -0.39 is 0 Å². The summed E-state index contributed by atoms with van der Waals surface area (Å²) in [4.78, 5) is 11.8. The molecule has 4 nitrogen and oxygen atoms in total. The number of hydrogen-bond acceptors (Lipinski definition) is 3. The van der Waals surface area contributed by atoms with Crippen LogP contribution in [0.2, 0.25) is 0 Å². The van der Waals surface area contributed by atoms with Gasteiger partial charge in [-0.25, -0.2) is 0 Å². The molecule has 2 aromatic rings. The third kappa shape index (κ3) is 1.63. The van der Waals surface area contributed by atoms with Crippen LogP contribution >= 0.6 is 0 Å². The van der Waals surface area contributed by atoms with Crippen LogP contribution in [0.25, 0.3) is 10.8 Å². The summed E-state index contributed by atoms with van der Waals surface area (Å²) in [5, 5.41) is 9.79. The summed E-state index contributed by atoms with van der Waals surface area (Å²) < 4.78 is 6.76. The molecule has 0 aliphatic heterocycles. The Kier molecular flexibility index (Phi) is 2.61. The van der Waals surface area contributed by atoms with E-state index in [-0.39, 0.29) is 12.2 Å². The Morgan fingerprint density at radius 2 is 2.19 bits per heavy atom. The smallest absolute Gasteiger partial charge is 0.258 e. The SMILES string of the molecule is Cn1ccc2c(OCC#N)cccc2c1=O. The van der Waals surface area contributed by atoms with Crippen LogP contribution < -0.4 is 10.3 Å². The zero-order valence-electron chi connectivity index (χ0n) is 8.80. The summed E-state index contributed by atoms with van der Waals surface area (Å²) in [6, 6.07) is 8.95. The Balaban J connectivity index is 2.66. The van der Waals surface area contributed by atoms with E-state index in [1.54, 1.807) is 31.4 Å². The first-order chi connectivity index (χ1) is 7.74. The molecule has 0 bridgehead atoms. The molecule has 0 saturated carbocycles. The molecule has 0 unspecified atom stereocenters. The van der Waals surface area contributed by atoms with Gasteiger partial charge >= 0.3 is 0 Å². The predicted octanol–water partition coefficient (Wildman–Crippen LogP) is 1.44. The number of hydrogen-bond donors (Lipinski definition) is 0. The highest BCUT2D eigenvalue weighted by atomic mass is 16.5. The highest BCUT2D eigenvalue weighted by Crippen LogP contribution is 2.22. The fraction of sp³-hybridized carbons (Fsp3) is 0.167. The topological polar surface area (TPSA) is 55.0 Å². The van der Waals surface area contributed by atoms with Gasteiger partial charge in [-0.15, -0.1) is 0 Å². The number of aryl methyl sites for hydroxylation is 1. The predicted molar refractivity (Wildman–Crippen MR) is 60.3 cm³/mol. The van der Waals surface area contributed by atoms with E-state index in [9.17, 15) is 4.79 Å². The Labute approximate surface area is 92.3 Å². The standard InChI is InChI=1S/C12H10N2O2/c1-14-7-5-9-10(12(14)15)3-2-4-11(9)16-8-6-13/h2-5,7H,8H2,1H3. The number of benzene rings is 1. The highest BCUT2D eigenvalue weighted by molar-refractivity contribution is 5.87. The second-order valence-corrected chi connectivity index (χ2v) is 3.40. The van der Waals surface area contributed by atoms with Gasteiger partial charge in [0.1, 0.15) is 11.8 Å². The van der Waals surface area contributed by atoms with Gasteiger partial charge in [0, 0.05) is 18.6 Å². The van der Waals surface area contributed by atoms with E-state index in [0.29, 0.717) is 11.1 Å². The van der Waals surface area contributed by atoms with E-state index in [2.05, 4.69) is 0 Å². The van der Waals surface area contributed by atoms with Crippen molar-refractivity contribution in [1.82, 2.24) is 4.57 Å². The average Bonchev–Trinajstić information content (AvgIpc) is 2.31. The zero-order valence-corrected chi connectivity index (χ0v) is 8.80. The molecule has 80 valence electrons. The Morgan fingerprint density at radius 3 is 2.94 bits per heavy atom. The zero-order chi connectivity index (χ0) is 11.5. The molecule has 0 amide bonds. The van der Waals surface area contributed by atoms with Crippen LogP contribution in [0.3, 0.4) is 0 Å². The van der Waals surface area contributed by atoms with Crippen molar-refractivity contribution in [3.63, 3.8) is 0 Å². The van der Waals surface area contributed by atoms with Gasteiger partial charge in [-0.2, -0.15) is 5.26 Å². The Morgan fingerprint density at radius 1 is 1.38 bits per heavy atom. The lowest BCUT2D eigenvalue weighted by Gasteiger charge is -2.06. The highest BCUT2D eigenvalue weighted by Gasteiger charge is 2.05. The molecule has 0 aliphatic rings. The minimum atomic E-state index is -0.0695. The first-order valence-corrected chi connectivity index (χ1v) is 4.82. The van der Waals surface area contributed by atoms with Gasteiger partial charge in [0.25, 0.3) is 5.56 Å². The lowest BCUT2D eigenvalue weighted by Crippen LogP contribution is -2.15. The lowest BCUT2D eigenvalue weighted by atomic mass is 10.1. The van der Waals surface area contributed by atoms with Crippen molar-refractivity contribution in [2.24, 2.45) is 7.05 Å². The molecule has 2 rings (SSSR count). The van der Waals surface area contributed by atoms with Gasteiger partial charge < -0.3 is 9.30 Å². The average molecular weight is 214 g/mol. The van der Waals surface area contributed by atoms with E-state index in [1.807, 2.05) is 12.1 Å². The fourth-order valence-corrected chi connectivity index (χ4v) is 1.58. The Bertz CT molecular complexity index is 623. The van der Waals surface area contributed by atoms with Gasteiger partial charge in [0.15, 0.2) is 6.61 Å². The van der Waals surface area contributed by atoms with Crippen molar-refractivity contribution >= 4 is 10.8 Å². The second-order valence-electron chi connectivity index (χ2n) is 3.40. The molecule has 1 aromatic heterocycles. The maximum atomic E-state index is 11.8. The molecule has 0 spiro atoms. The first kappa shape index (κ1) is 10.2. The molecule has 4 heteroatoms. The second kappa shape index (κ2) is 4.07. The molecule has 1 heterocycles. The van der Waals surface area contributed by atoms with Gasteiger partial charge in [0.05, 0.1) is 5.39 Å². The minimum Gasteiger partial charge on any atom is -0.478 e. The maximum Gasteiger partial charge on any atom is 0.258 e. The summed E-state index contributed by atoms with van der Waals surface area (Å²) in [7, 11) is 1.70. The number of fused-ring (bicyclic) bond motifs is 1. The molecule has 0 radical (unpaired) electrons. The van der Waals surface area contributed by atoms with Crippen molar-refractivity contribution in [2.75, 3.05) is 6.61 Å². The van der Waals surface area contributed by atoms with Crippen LogP contribution in [0, 0.1) is 11.3 Å². The molecular formula is C12H10N2O2. The summed E-state index contributed by atoms with van der Waals surface area (Å²) in [6.45, 7) is -0.0195. The van der Waals surface area contributed by atoms with E-state index in [0.717, 1.165) is 5.39 Å². The number of aromatic nitrogens is 1. The summed E-state index contributed by atoms with van der Waals surface area (Å²) in [5.41, 5.74) is -0.0695. The van der Waals surface area contributed by atoms with E-state index in [4.69, 9.17) is 10.00 Å². The normalized spacial score (nSPS) is 10.0. The molecule has 0 aliphatic carbocycles. The van der Waals surface area contributed by atoms with Gasteiger partial charge in [0.2, 0.25) is 0 Å². The molecule has 0 N–H and O–H groups in total. The number of nitriles is 1. The summed E-state index contributed by atoms with van der Waals surface area (Å²) in [6.07, 6.45) is 1.68. The summed E-state index contributed by atoms with van der Waals surface area (Å²) in [5.74, 6) is 0.566. The number of rotatable bonds is 2. The Hall–Kier alpha value is -2.28. The van der Waals surface area contributed by atoms with Crippen LogP contribution in [0.5, 0.6) is 5.75 Å². The van der Waals surface area contributed by atoms with Crippen LogP contribution in [-0.4, -0.2) is 11.2 Å².